The molecule has 0 unspecified atom stereocenters. The number of carbonyl (C=O) groups excluding carboxylic acids is 1. The Kier molecular flexibility index (Phi) is 3.49. The van der Waals surface area contributed by atoms with Gasteiger partial charge in [0, 0.05) is 5.56 Å². The number of amides is 1. The van der Waals surface area contributed by atoms with Crippen LogP contribution in [0, 0.1) is 10.3 Å². The average Bonchev–Trinajstić information content (AvgIpc) is 2.55. The molecule has 1 heterocycles. The maximum Gasteiger partial charge on any atom is 0.291 e. The number of fused-ring (bicyclic) bond motifs is 1. The molecule has 2 aromatic rings. The van der Waals surface area contributed by atoms with E-state index in [-0.39, 0.29) is 17.5 Å². The van der Waals surface area contributed by atoms with Gasteiger partial charge in [-0.1, -0.05) is 36.4 Å². The molecule has 0 aromatic heterocycles. The lowest BCUT2D eigenvalue weighted by Gasteiger charge is -2.19. The van der Waals surface area contributed by atoms with Crippen molar-refractivity contribution in [1.29, 1.82) is 5.41 Å². The van der Waals surface area contributed by atoms with Gasteiger partial charge in [0.05, 0.1) is 5.69 Å². The summed E-state index contributed by atoms with van der Waals surface area (Å²) in [5, 5.41) is 12.6. The second-order valence-electron chi connectivity index (χ2n) is 4.62. The van der Waals surface area contributed by atoms with Crippen molar-refractivity contribution in [3.05, 3.63) is 70.3 Å². The Morgan fingerprint density at radius 2 is 1.86 bits per heavy atom. The second-order valence-corrected chi connectivity index (χ2v) is 4.62. The van der Waals surface area contributed by atoms with Gasteiger partial charge < -0.3 is 10.1 Å². The molecule has 0 spiro atoms. The third-order valence-corrected chi connectivity index (χ3v) is 3.15. The molecule has 0 radical (unpaired) electrons. The minimum absolute atomic E-state index is 0.176. The van der Waals surface area contributed by atoms with Crippen LogP contribution in [0.5, 0.6) is 5.75 Å². The molecule has 2 N–H and O–H groups in total. The average molecular weight is 293 g/mol. The van der Waals surface area contributed by atoms with Gasteiger partial charge in [-0.05, 0) is 28.9 Å². The van der Waals surface area contributed by atoms with E-state index in [1.54, 1.807) is 42.5 Å². The lowest BCUT2D eigenvalue weighted by atomic mass is 10.1. The van der Waals surface area contributed by atoms with Gasteiger partial charge in [-0.25, -0.2) is 0 Å². The number of ether oxygens (including phenoxy) is 1. The molecule has 0 aliphatic carbocycles. The fourth-order valence-electron chi connectivity index (χ4n) is 2.04. The van der Waals surface area contributed by atoms with Crippen LogP contribution in [0.15, 0.2) is 59.5 Å². The number of nitroso groups, excluding NO2 is 1. The quantitative estimate of drug-likeness (QED) is 0.385. The van der Waals surface area contributed by atoms with Crippen LogP contribution in [0.4, 0.5) is 5.69 Å². The van der Waals surface area contributed by atoms with E-state index in [0.717, 1.165) is 0 Å². The summed E-state index contributed by atoms with van der Waals surface area (Å²) >= 11 is 0. The SMILES string of the molecule is N=C(N=O)c1ccc(/C=C2\Oc3ccccc3NC2=O)cc1. The van der Waals surface area contributed by atoms with Gasteiger partial charge in [-0.2, -0.15) is 0 Å². The first-order chi connectivity index (χ1) is 10.7. The summed E-state index contributed by atoms with van der Waals surface area (Å²) in [6.07, 6.45) is 1.59. The minimum Gasteiger partial charge on any atom is -0.449 e. The Labute approximate surface area is 125 Å². The molecule has 1 aliphatic rings. The van der Waals surface area contributed by atoms with Gasteiger partial charge in [0.15, 0.2) is 17.3 Å². The highest BCUT2D eigenvalue weighted by atomic mass is 16.5. The smallest absolute Gasteiger partial charge is 0.291 e. The van der Waals surface area contributed by atoms with Crippen molar-refractivity contribution < 1.29 is 9.53 Å². The summed E-state index contributed by atoms with van der Waals surface area (Å²) < 4.78 is 5.59. The lowest BCUT2D eigenvalue weighted by molar-refractivity contribution is -0.115. The molecular weight excluding hydrogens is 282 g/mol. The van der Waals surface area contributed by atoms with Crippen LogP contribution in [-0.2, 0) is 4.79 Å². The van der Waals surface area contributed by atoms with Crippen LogP contribution in [0.1, 0.15) is 11.1 Å². The summed E-state index contributed by atoms with van der Waals surface area (Å²) in [7, 11) is 0. The Morgan fingerprint density at radius 3 is 2.59 bits per heavy atom. The molecule has 2 aromatic carbocycles. The zero-order valence-corrected chi connectivity index (χ0v) is 11.4. The molecule has 6 nitrogen and oxygen atoms in total. The van der Waals surface area contributed by atoms with E-state index in [1.165, 1.54) is 0 Å². The number of carbonyl (C=O) groups is 1. The monoisotopic (exact) mass is 293 g/mol. The van der Waals surface area contributed by atoms with Crippen molar-refractivity contribution in [2.45, 2.75) is 0 Å². The van der Waals surface area contributed by atoms with E-state index in [2.05, 4.69) is 10.5 Å². The Balaban J connectivity index is 1.88. The zero-order valence-electron chi connectivity index (χ0n) is 11.4. The summed E-state index contributed by atoms with van der Waals surface area (Å²) in [5.74, 6) is 0.0943. The molecule has 0 saturated carbocycles. The van der Waals surface area contributed by atoms with Gasteiger partial charge >= 0.3 is 0 Å². The van der Waals surface area contributed by atoms with E-state index in [0.29, 0.717) is 22.6 Å². The van der Waals surface area contributed by atoms with Gasteiger partial charge in [0.25, 0.3) is 5.91 Å². The molecule has 3 rings (SSSR count). The third-order valence-electron chi connectivity index (χ3n) is 3.15. The Bertz CT molecular complexity index is 795. The van der Waals surface area contributed by atoms with Gasteiger partial charge in [-0.15, -0.1) is 4.91 Å². The predicted molar refractivity (Wildman–Crippen MR) is 82.7 cm³/mol. The van der Waals surface area contributed by atoms with E-state index >= 15 is 0 Å². The number of amidine groups is 1. The number of para-hydroxylation sites is 2. The highest BCUT2D eigenvalue weighted by Crippen LogP contribution is 2.30. The first-order valence-corrected chi connectivity index (χ1v) is 6.49. The Hall–Kier alpha value is -3.28. The summed E-state index contributed by atoms with van der Waals surface area (Å²) in [6.45, 7) is 0. The number of rotatable bonds is 2. The number of hydrogen-bond donors (Lipinski definition) is 2. The van der Waals surface area contributed by atoms with Gasteiger partial charge in [-0.3, -0.25) is 10.2 Å². The molecule has 0 atom stereocenters. The van der Waals surface area contributed by atoms with Crippen LogP contribution in [0.2, 0.25) is 0 Å². The molecule has 0 saturated heterocycles. The minimum atomic E-state index is -0.334. The summed E-state index contributed by atoms with van der Waals surface area (Å²) in [6, 6.07) is 13.7. The van der Waals surface area contributed by atoms with Crippen molar-refractivity contribution in [3.8, 4) is 5.75 Å². The third kappa shape index (κ3) is 2.62. The molecule has 1 aliphatic heterocycles. The van der Waals surface area contributed by atoms with E-state index < -0.39 is 0 Å². The summed E-state index contributed by atoms with van der Waals surface area (Å²) in [4.78, 5) is 22.3. The normalized spacial score (nSPS) is 14.7. The van der Waals surface area contributed by atoms with Crippen molar-refractivity contribution in [2.24, 2.45) is 5.18 Å². The first-order valence-electron chi connectivity index (χ1n) is 6.49. The second kappa shape index (κ2) is 5.61. The number of anilines is 1. The molecule has 108 valence electrons. The molecule has 0 fully saturated rings. The summed E-state index contributed by atoms with van der Waals surface area (Å²) in [5.41, 5.74) is 1.76. The van der Waals surface area contributed by atoms with Crippen LogP contribution in [-0.4, -0.2) is 11.7 Å². The number of benzene rings is 2. The number of hydrogen-bond acceptors (Lipinski definition) is 4. The van der Waals surface area contributed by atoms with Crippen molar-refractivity contribution in [2.75, 3.05) is 5.32 Å². The number of nitrogens with zero attached hydrogens (tertiary/aromatic N) is 1. The van der Waals surface area contributed by atoms with Crippen molar-refractivity contribution in [3.63, 3.8) is 0 Å². The van der Waals surface area contributed by atoms with Crippen molar-refractivity contribution >= 4 is 23.5 Å². The topological polar surface area (TPSA) is 91.6 Å². The highest BCUT2D eigenvalue weighted by Gasteiger charge is 2.21. The number of nitrogens with one attached hydrogen (secondary N) is 2. The molecule has 0 bridgehead atoms. The first kappa shape index (κ1) is 13.7. The lowest BCUT2D eigenvalue weighted by Crippen LogP contribution is -2.23. The molecule has 1 amide bonds. The van der Waals surface area contributed by atoms with Crippen LogP contribution >= 0.6 is 0 Å². The van der Waals surface area contributed by atoms with Crippen molar-refractivity contribution in [1.82, 2.24) is 0 Å². The molecule has 6 heteroatoms. The Morgan fingerprint density at radius 1 is 1.14 bits per heavy atom. The van der Waals surface area contributed by atoms with Gasteiger partial charge in [0.2, 0.25) is 0 Å². The fourth-order valence-corrected chi connectivity index (χ4v) is 2.04. The highest BCUT2D eigenvalue weighted by molar-refractivity contribution is 6.08. The maximum absolute atomic E-state index is 12.0. The predicted octanol–water partition coefficient (Wildman–Crippen LogP) is 3.15. The maximum atomic E-state index is 12.0. The zero-order chi connectivity index (χ0) is 15.5. The fraction of sp³-hybridized carbons (Fsp3) is 0. The molecule has 22 heavy (non-hydrogen) atoms. The van der Waals surface area contributed by atoms with Crippen LogP contribution in [0.3, 0.4) is 0 Å². The van der Waals surface area contributed by atoms with E-state index in [4.69, 9.17) is 10.1 Å². The van der Waals surface area contributed by atoms with E-state index in [1.807, 2.05) is 12.1 Å². The molecular formula is C16H11N3O3. The van der Waals surface area contributed by atoms with Gasteiger partial charge in [0.1, 0.15) is 0 Å². The van der Waals surface area contributed by atoms with E-state index in [9.17, 15) is 9.70 Å². The largest absolute Gasteiger partial charge is 0.449 e. The standard InChI is InChI=1S/C16H11N3O3/c17-15(19-21)11-7-5-10(6-8-11)9-14-16(20)18-12-3-1-2-4-13(12)22-14/h1-9,17H,(H,18,20)/b14-9-,17-15?. The van der Waals surface area contributed by atoms with Crippen LogP contribution in [0.25, 0.3) is 6.08 Å². The van der Waals surface area contributed by atoms with Crippen LogP contribution < -0.4 is 10.1 Å².